The molecule has 0 saturated heterocycles. The number of carboxylic acid groups (broad SMARTS) is 1. The molecule has 6 heteroatoms. The Hall–Kier alpha value is -1.27. The molecule has 0 aliphatic heterocycles. The van der Waals surface area contributed by atoms with Crippen molar-refractivity contribution in [1.82, 2.24) is 4.98 Å². The van der Waals surface area contributed by atoms with Crippen molar-refractivity contribution in [1.29, 1.82) is 0 Å². The molecule has 17 heavy (non-hydrogen) atoms. The minimum atomic E-state index is -0.748. The molecule has 90 valence electrons. The third-order valence-corrected chi connectivity index (χ3v) is 4.40. The Morgan fingerprint density at radius 1 is 1.53 bits per heavy atom. The van der Waals surface area contributed by atoms with Crippen molar-refractivity contribution in [3.63, 3.8) is 0 Å². The third-order valence-electron chi connectivity index (χ3n) is 2.15. The number of nitrogen functional groups attached to an aromatic ring is 1. The lowest BCUT2D eigenvalue weighted by molar-refractivity contribution is -0.137. The number of aromatic nitrogens is 1. The molecule has 1 aromatic heterocycles. The third kappa shape index (κ3) is 3.34. The van der Waals surface area contributed by atoms with Gasteiger partial charge in [-0.25, -0.2) is 4.98 Å². The number of carboxylic acids is 1. The molecule has 0 spiro atoms. The molecule has 1 aromatic carbocycles. The Morgan fingerprint density at radius 3 is 3.12 bits per heavy atom. The van der Waals surface area contributed by atoms with Crippen LogP contribution in [0, 0.1) is 0 Å². The highest BCUT2D eigenvalue weighted by atomic mass is 32.2. The standard InChI is InChI=1S/C11H12N2O2S2/c12-7-3-4-8-9(6-7)17-11(13-8)16-5-1-2-10(14)15/h3-4,6H,1-2,5,12H2,(H,14,15). The van der Waals surface area contributed by atoms with E-state index >= 15 is 0 Å². The summed E-state index contributed by atoms with van der Waals surface area (Å²) in [5, 5.41) is 8.52. The van der Waals surface area contributed by atoms with E-state index in [4.69, 9.17) is 10.8 Å². The number of nitrogens with two attached hydrogens (primary N) is 1. The van der Waals surface area contributed by atoms with Gasteiger partial charge in [0, 0.05) is 17.9 Å². The van der Waals surface area contributed by atoms with Crippen LogP contribution in [0.15, 0.2) is 22.5 Å². The second kappa shape index (κ2) is 5.37. The largest absolute Gasteiger partial charge is 0.481 e. The summed E-state index contributed by atoms with van der Waals surface area (Å²) in [6.45, 7) is 0. The first-order chi connectivity index (χ1) is 8.15. The van der Waals surface area contributed by atoms with Gasteiger partial charge in [-0.3, -0.25) is 4.79 Å². The van der Waals surface area contributed by atoms with E-state index in [1.807, 2.05) is 18.2 Å². The quantitative estimate of drug-likeness (QED) is 0.495. The van der Waals surface area contributed by atoms with Crippen molar-refractivity contribution in [2.45, 2.75) is 17.2 Å². The highest BCUT2D eigenvalue weighted by Gasteiger charge is 2.05. The number of benzene rings is 1. The molecule has 0 atom stereocenters. The molecule has 0 aliphatic rings. The summed E-state index contributed by atoms with van der Waals surface area (Å²) in [5.41, 5.74) is 7.38. The number of carbonyl (C=O) groups is 1. The Kier molecular flexibility index (Phi) is 3.86. The first kappa shape index (κ1) is 12.2. The van der Waals surface area contributed by atoms with E-state index in [0.717, 1.165) is 26.0 Å². The highest BCUT2D eigenvalue weighted by Crippen LogP contribution is 2.30. The molecule has 0 unspecified atom stereocenters. The monoisotopic (exact) mass is 268 g/mol. The molecule has 2 rings (SSSR count). The summed E-state index contributed by atoms with van der Waals surface area (Å²) in [6, 6.07) is 5.65. The van der Waals surface area contributed by atoms with Crippen molar-refractivity contribution in [3.05, 3.63) is 18.2 Å². The van der Waals surface area contributed by atoms with Crippen molar-refractivity contribution < 1.29 is 9.90 Å². The van der Waals surface area contributed by atoms with Gasteiger partial charge in [0.25, 0.3) is 0 Å². The number of nitrogens with zero attached hydrogens (tertiary/aromatic N) is 1. The van der Waals surface area contributed by atoms with Crippen molar-refractivity contribution in [2.24, 2.45) is 0 Å². The Labute approximate surface area is 107 Å². The molecule has 3 N–H and O–H groups in total. The Morgan fingerprint density at radius 2 is 2.35 bits per heavy atom. The summed E-state index contributed by atoms with van der Waals surface area (Å²) >= 11 is 3.19. The first-order valence-corrected chi connectivity index (χ1v) is 6.96. The normalized spacial score (nSPS) is 10.8. The molecule has 4 nitrogen and oxygen atoms in total. The molecule has 1 heterocycles. The van der Waals surface area contributed by atoms with E-state index in [1.54, 1.807) is 23.1 Å². The van der Waals surface area contributed by atoms with Gasteiger partial charge in [-0.05, 0) is 24.6 Å². The van der Waals surface area contributed by atoms with Gasteiger partial charge in [0.1, 0.15) is 0 Å². The van der Waals surface area contributed by atoms with Crippen LogP contribution in [0.1, 0.15) is 12.8 Å². The SMILES string of the molecule is Nc1ccc2nc(SCCCC(=O)O)sc2c1. The van der Waals surface area contributed by atoms with Crippen molar-refractivity contribution in [2.75, 3.05) is 11.5 Å². The highest BCUT2D eigenvalue weighted by molar-refractivity contribution is 8.01. The number of anilines is 1. The van der Waals surface area contributed by atoms with Crippen LogP contribution in [0.5, 0.6) is 0 Å². The van der Waals surface area contributed by atoms with Crippen LogP contribution in [-0.4, -0.2) is 21.8 Å². The van der Waals surface area contributed by atoms with Gasteiger partial charge in [0.2, 0.25) is 0 Å². The molecular weight excluding hydrogens is 256 g/mol. The second-order valence-corrected chi connectivity index (χ2v) is 5.93. The number of thioether (sulfide) groups is 1. The summed E-state index contributed by atoms with van der Waals surface area (Å²) in [4.78, 5) is 14.8. The van der Waals surface area contributed by atoms with Crippen molar-refractivity contribution >= 4 is 45.0 Å². The van der Waals surface area contributed by atoms with Crippen LogP contribution < -0.4 is 5.73 Å². The predicted octanol–water partition coefficient (Wildman–Crippen LogP) is 2.84. The minimum Gasteiger partial charge on any atom is -0.481 e. The predicted molar refractivity (Wildman–Crippen MR) is 71.6 cm³/mol. The zero-order valence-electron chi connectivity index (χ0n) is 9.05. The topological polar surface area (TPSA) is 76.2 Å². The number of hydrogen-bond donors (Lipinski definition) is 2. The van der Waals surface area contributed by atoms with E-state index in [9.17, 15) is 4.79 Å². The smallest absolute Gasteiger partial charge is 0.303 e. The lowest BCUT2D eigenvalue weighted by Crippen LogP contribution is -1.94. The van der Waals surface area contributed by atoms with Crippen LogP contribution in [0.3, 0.4) is 0 Å². The summed E-state index contributed by atoms with van der Waals surface area (Å²) < 4.78 is 2.04. The molecule has 0 bridgehead atoms. The first-order valence-electron chi connectivity index (χ1n) is 5.16. The van der Waals surface area contributed by atoms with Crippen LogP contribution in [0.2, 0.25) is 0 Å². The number of hydrogen-bond acceptors (Lipinski definition) is 5. The summed E-state index contributed by atoms with van der Waals surface area (Å²) in [7, 11) is 0. The summed E-state index contributed by atoms with van der Waals surface area (Å²) in [5.74, 6) is 0.0318. The van der Waals surface area contributed by atoms with Crippen LogP contribution in [0.25, 0.3) is 10.2 Å². The molecular formula is C11H12N2O2S2. The maximum Gasteiger partial charge on any atom is 0.303 e. The maximum absolute atomic E-state index is 10.4. The second-order valence-electron chi connectivity index (χ2n) is 3.55. The van der Waals surface area contributed by atoms with Gasteiger partial charge in [0.15, 0.2) is 4.34 Å². The van der Waals surface area contributed by atoms with Gasteiger partial charge in [-0.2, -0.15) is 0 Å². The van der Waals surface area contributed by atoms with E-state index < -0.39 is 5.97 Å². The fourth-order valence-corrected chi connectivity index (χ4v) is 3.49. The van der Waals surface area contributed by atoms with E-state index in [0.29, 0.717) is 6.42 Å². The fraction of sp³-hybridized carbons (Fsp3) is 0.273. The molecule has 0 saturated carbocycles. The zero-order valence-corrected chi connectivity index (χ0v) is 10.7. The average Bonchev–Trinajstić information content (AvgIpc) is 2.66. The van der Waals surface area contributed by atoms with Gasteiger partial charge < -0.3 is 10.8 Å². The number of thiazole rings is 1. The average molecular weight is 268 g/mol. The minimum absolute atomic E-state index is 0.213. The van der Waals surface area contributed by atoms with Crippen molar-refractivity contribution in [3.8, 4) is 0 Å². The van der Waals surface area contributed by atoms with E-state index in [-0.39, 0.29) is 6.42 Å². The molecule has 0 fully saturated rings. The lowest BCUT2D eigenvalue weighted by Gasteiger charge is -1.94. The maximum atomic E-state index is 10.4. The van der Waals surface area contributed by atoms with E-state index in [2.05, 4.69) is 4.98 Å². The van der Waals surface area contributed by atoms with Gasteiger partial charge >= 0.3 is 5.97 Å². The van der Waals surface area contributed by atoms with Gasteiger partial charge in [-0.15, -0.1) is 11.3 Å². The van der Waals surface area contributed by atoms with Gasteiger partial charge in [-0.1, -0.05) is 11.8 Å². The number of rotatable bonds is 5. The Bertz CT molecular complexity index is 539. The van der Waals surface area contributed by atoms with Gasteiger partial charge in [0.05, 0.1) is 10.2 Å². The molecule has 0 radical (unpaired) electrons. The zero-order chi connectivity index (χ0) is 12.3. The molecule has 0 aliphatic carbocycles. The fourth-order valence-electron chi connectivity index (χ4n) is 1.36. The van der Waals surface area contributed by atoms with Crippen LogP contribution in [-0.2, 0) is 4.79 Å². The molecule has 2 aromatic rings. The number of fused-ring (bicyclic) bond motifs is 1. The lowest BCUT2D eigenvalue weighted by atomic mass is 10.3. The van der Waals surface area contributed by atoms with Crippen LogP contribution >= 0.6 is 23.1 Å². The van der Waals surface area contributed by atoms with E-state index in [1.165, 1.54) is 0 Å². The van der Waals surface area contributed by atoms with Crippen LogP contribution in [0.4, 0.5) is 5.69 Å². The summed E-state index contributed by atoms with van der Waals surface area (Å²) in [6.07, 6.45) is 0.878. The number of aliphatic carboxylic acids is 1. The molecule has 0 amide bonds. The Balaban J connectivity index is 1.97.